The molecule has 1 aliphatic rings. The van der Waals surface area contributed by atoms with Crippen molar-refractivity contribution in [3.8, 4) is 0 Å². The van der Waals surface area contributed by atoms with Crippen LogP contribution in [-0.2, 0) is 13.1 Å². The molecule has 0 radical (unpaired) electrons. The Labute approximate surface area is 132 Å². The zero-order chi connectivity index (χ0) is 14.5. The first-order valence-corrected chi connectivity index (χ1v) is 8.56. The van der Waals surface area contributed by atoms with Crippen LogP contribution < -0.4 is 5.32 Å². The van der Waals surface area contributed by atoms with Crippen LogP contribution in [0.4, 0.5) is 0 Å². The summed E-state index contributed by atoms with van der Waals surface area (Å²) in [6.07, 6.45) is 5.53. The van der Waals surface area contributed by atoms with Gasteiger partial charge in [-0.25, -0.2) is 0 Å². The monoisotopic (exact) mass is 338 g/mol. The zero-order valence-electron chi connectivity index (χ0n) is 13.0. The van der Waals surface area contributed by atoms with E-state index in [-0.39, 0.29) is 0 Å². The molecule has 1 saturated carbocycles. The molecule has 2 nitrogen and oxygen atoms in total. The average molecular weight is 339 g/mol. The molecule has 0 saturated heterocycles. The molecule has 0 bridgehead atoms. The molecule has 3 heteroatoms. The van der Waals surface area contributed by atoms with Crippen LogP contribution in [-0.4, -0.2) is 24.0 Å². The van der Waals surface area contributed by atoms with Gasteiger partial charge in [0.05, 0.1) is 0 Å². The summed E-state index contributed by atoms with van der Waals surface area (Å²) >= 11 is 3.74. The zero-order valence-corrected chi connectivity index (χ0v) is 14.5. The maximum absolute atomic E-state index is 3.74. The number of halogens is 1. The van der Waals surface area contributed by atoms with Crippen LogP contribution in [0.1, 0.15) is 50.7 Å². The summed E-state index contributed by atoms with van der Waals surface area (Å²) in [6.45, 7) is 6.35. The van der Waals surface area contributed by atoms with Crippen molar-refractivity contribution in [3.63, 3.8) is 0 Å². The number of benzene rings is 1. The summed E-state index contributed by atoms with van der Waals surface area (Å²) in [5, 5.41) is 3.46. The number of nitrogens with zero attached hydrogens (tertiary/aromatic N) is 1. The van der Waals surface area contributed by atoms with Crippen molar-refractivity contribution in [2.75, 3.05) is 7.05 Å². The summed E-state index contributed by atoms with van der Waals surface area (Å²) in [5.74, 6) is 0. The van der Waals surface area contributed by atoms with Crippen molar-refractivity contribution < 1.29 is 0 Å². The van der Waals surface area contributed by atoms with Crippen molar-refractivity contribution >= 4 is 15.9 Å². The second kappa shape index (κ2) is 7.58. The Morgan fingerprint density at radius 2 is 2.00 bits per heavy atom. The third kappa shape index (κ3) is 4.57. The maximum atomic E-state index is 3.74. The average Bonchev–Trinajstić information content (AvgIpc) is 2.93. The van der Waals surface area contributed by atoms with E-state index in [0.717, 1.165) is 19.1 Å². The molecule has 112 valence electrons. The van der Waals surface area contributed by atoms with Crippen LogP contribution in [0, 0.1) is 0 Å². The van der Waals surface area contributed by atoms with Crippen LogP contribution in [0.15, 0.2) is 22.7 Å². The van der Waals surface area contributed by atoms with Gasteiger partial charge in [0.25, 0.3) is 0 Å². The van der Waals surface area contributed by atoms with E-state index >= 15 is 0 Å². The van der Waals surface area contributed by atoms with Crippen LogP contribution in [0.5, 0.6) is 0 Å². The van der Waals surface area contributed by atoms with Gasteiger partial charge in [0.15, 0.2) is 0 Å². The molecule has 2 rings (SSSR count). The highest BCUT2D eigenvalue weighted by molar-refractivity contribution is 9.10. The van der Waals surface area contributed by atoms with Gasteiger partial charge in [0.1, 0.15) is 0 Å². The van der Waals surface area contributed by atoms with Gasteiger partial charge in [-0.15, -0.1) is 0 Å². The molecule has 0 aromatic heterocycles. The molecular weight excluding hydrogens is 312 g/mol. The second-order valence-electron chi connectivity index (χ2n) is 6.31. The minimum atomic E-state index is 0.530. The maximum Gasteiger partial charge on any atom is 0.0244 e. The van der Waals surface area contributed by atoms with E-state index in [9.17, 15) is 0 Å². The van der Waals surface area contributed by atoms with Crippen molar-refractivity contribution in [1.29, 1.82) is 0 Å². The minimum Gasteiger partial charge on any atom is -0.310 e. The van der Waals surface area contributed by atoms with Crippen molar-refractivity contribution in [2.24, 2.45) is 0 Å². The van der Waals surface area contributed by atoms with Gasteiger partial charge in [-0.05, 0) is 37.1 Å². The lowest BCUT2D eigenvalue weighted by molar-refractivity contribution is 0.237. The first-order chi connectivity index (χ1) is 9.56. The predicted molar refractivity (Wildman–Crippen MR) is 89.8 cm³/mol. The molecule has 1 fully saturated rings. The van der Waals surface area contributed by atoms with Gasteiger partial charge in [0, 0.05) is 29.6 Å². The Bertz CT molecular complexity index is 425. The van der Waals surface area contributed by atoms with E-state index in [1.807, 2.05) is 0 Å². The summed E-state index contributed by atoms with van der Waals surface area (Å²) in [5.41, 5.74) is 2.74. The third-order valence-corrected chi connectivity index (χ3v) is 4.94. The van der Waals surface area contributed by atoms with E-state index < -0.39 is 0 Å². The molecule has 0 atom stereocenters. The Hall–Kier alpha value is -0.380. The quantitative estimate of drug-likeness (QED) is 0.830. The molecule has 0 amide bonds. The molecule has 1 aromatic carbocycles. The van der Waals surface area contributed by atoms with Crippen molar-refractivity contribution in [1.82, 2.24) is 10.2 Å². The summed E-state index contributed by atoms with van der Waals surface area (Å²) in [4.78, 5) is 2.51. The smallest absolute Gasteiger partial charge is 0.0244 e. The molecule has 0 spiro atoms. The van der Waals surface area contributed by atoms with Crippen molar-refractivity contribution in [2.45, 2.75) is 64.7 Å². The molecule has 1 aliphatic carbocycles. The number of hydrogen-bond donors (Lipinski definition) is 1. The molecule has 1 N–H and O–H groups in total. The lowest BCUT2D eigenvalue weighted by atomic mass is 10.1. The van der Waals surface area contributed by atoms with Crippen LogP contribution in [0.25, 0.3) is 0 Å². The molecule has 20 heavy (non-hydrogen) atoms. The van der Waals surface area contributed by atoms with Gasteiger partial charge < -0.3 is 5.32 Å². The fraction of sp³-hybridized carbons (Fsp3) is 0.647. The lowest BCUT2D eigenvalue weighted by Crippen LogP contribution is -2.28. The molecule has 0 heterocycles. The summed E-state index contributed by atoms with van der Waals surface area (Å²) < 4.78 is 1.24. The Morgan fingerprint density at radius 1 is 1.30 bits per heavy atom. The Balaban J connectivity index is 1.94. The van der Waals surface area contributed by atoms with E-state index in [1.54, 1.807) is 0 Å². The topological polar surface area (TPSA) is 15.3 Å². The Kier molecular flexibility index (Phi) is 6.06. The number of nitrogens with one attached hydrogen (secondary N) is 1. The largest absolute Gasteiger partial charge is 0.310 e. The third-order valence-electron chi connectivity index (χ3n) is 4.20. The highest BCUT2D eigenvalue weighted by Gasteiger charge is 2.19. The van der Waals surface area contributed by atoms with Crippen molar-refractivity contribution in [3.05, 3.63) is 33.8 Å². The summed E-state index contributed by atoms with van der Waals surface area (Å²) in [7, 11) is 2.26. The molecule has 0 unspecified atom stereocenters. The predicted octanol–water partition coefficient (Wildman–Crippen LogP) is 4.32. The van der Waals surface area contributed by atoms with Gasteiger partial charge in [-0.1, -0.05) is 54.8 Å². The number of hydrogen-bond acceptors (Lipinski definition) is 2. The number of rotatable bonds is 6. The fourth-order valence-corrected chi connectivity index (χ4v) is 3.45. The molecule has 1 aromatic rings. The van der Waals surface area contributed by atoms with E-state index in [0.29, 0.717) is 6.04 Å². The van der Waals surface area contributed by atoms with Crippen LogP contribution in [0.2, 0.25) is 0 Å². The fourth-order valence-electron chi connectivity index (χ4n) is 2.89. The van der Waals surface area contributed by atoms with Gasteiger partial charge in [-0.2, -0.15) is 0 Å². The lowest BCUT2D eigenvalue weighted by Gasteiger charge is -2.24. The Morgan fingerprint density at radius 3 is 2.60 bits per heavy atom. The van der Waals surface area contributed by atoms with Gasteiger partial charge >= 0.3 is 0 Å². The molecular formula is C17H27BrN2. The first-order valence-electron chi connectivity index (χ1n) is 7.77. The van der Waals surface area contributed by atoms with Crippen LogP contribution >= 0.6 is 15.9 Å². The molecule has 0 aliphatic heterocycles. The minimum absolute atomic E-state index is 0.530. The standard InChI is InChI=1S/C17H27BrN2/c1-13(2)19-11-14-8-9-15(17(18)10-14)12-20(3)16-6-4-5-7-16/h8-10,13,16,19H,4-7,11-12H2,1-3H3. The van der Waals surface area contributed by atoms with E-state index in [4.69, 9.17) is 0 Å². The SMILES string of the molecule is CC(C)NCc1ccc(CN(C)C2CCCC2)c(Br)c1. The van der Waals surface area contributed by atoms with E-state index in [1.165, 1.54) is 41.3 Å². The first kappa shape index (κ1) is 16.0. The highest BCUT2D eigenvalue weighted by Crippen LogP contribution is 2.26. The highest BCUT2D eigenvalue weighted by atomic mass is 79.9. The normalized spacial score (nSPS) is 16.5. The summed E-state index contributed by atoms with van der Waals surface area (Å²) in [6, 6.07) is 8.09. The van der Waals surface area contributed by atoms with E-state index in [2.05, 4.69) is 65.2 Å². The second-order valence-corrected chi connectivity index (χ2v) is 7.17. The van der Waals surface area contributed by atoms with Gasteiger partial charge in [-0.3, -0.25) is 4.90 Å². The van der Waals surface area contributed by atoms with Gasteiger partial charge in [0.2, 0.25) is 0 Å². The van der Waals surface area contributed by atoms with Crippen LogP contribution in [0.3, 0.4) is 0 Å².